The maximum Gasteiger partial charge on any atom is 0.320 e. The maximum atomic E-state index is 12.1. The van der Waals surface area contributed by atoms with E-state index >= 15 is 0 Å². The Morgan fingerprint density at radius 2 is 2.19 bits per heavy atom. The minimum absolute atomic E-state index is 0.156. The van der Waals surface area contributed by atoms with E-state index in [1.165, 1.54) is 0 Å². The molecule has 0 atom stereocenters. The average molecular weight is 289 g/mol. The highest BCUT2D eigenvalue weighted by Crippen LogP contribution is 2.12. The number of para-hydroxylation sites is 1. The summed E-state index contributed by atoms with van der Waals surface area (Å²) in [5.74, 6) is 0.243. The monoisotopic (exact) mass is 289 g/mol. The zero-order valence-corrected chi connectivity index (χ0v) is 12.5. The van der Waals surface area contributed by atoms with Crippen LogP contribution >= 0.6 is 0 Å². The van der Waals surface area contributed by atoms with Gasteiger partial charge < -0.3 is 9.72 Å². The van der Waals surface area contributed by atoms with Crippen molar-refractivity contribution in [3.8, 4) is 0 Å². The van der Waals surface area contributed by atoms with E-state index in [2.05, 4.69) is 9.97 Å². The number of aromatic nitrogens is 2. The fourth-order valence-electron chi connectivity index (χ4n) is 2.17. The quantitative estimate of drug-likeness (QED) is 0.838. The van der Waals surface area contributed by atoms with Crippen LogP contribution in [0.5, 0.6) is 0 Å². The molecule has 0 saturated heterocycles. The number of nitrogens with zero attached hydrogens (tertiary/aromatic N) is 2. The Bertz CT molecular complexity index is 709. The Hall–Kier alpha value is -2.21. The van der Waals surface area contributed by atoms with Crippen molar-refractivity contribution in [3.05, 3.63) is 39.9 Å². The first-order valence-corrected chi connectivity index (χ1v) is 6.84. The lowest BCUT2D eigenvalue weighted by atomic mass is 10.1. The second-order valence-electron chi connectivity index (χ2n) is 4.96. The third-order valence-electron chi connectivity index (χ3n) is 3.11. The molecule has 0 aliphatic heterocycles. The molecule has 2 aromatic rings. The van der Waals surface area contributed by atoms with Crippen molar-refractivity contribution < 1.29 is 9.53 Å². The van der Waals surface area contributed by atoms with Crippen LogP contribution in [0.15, 0.2) is 23.0 Å². The van der Waals surface area contributed by atoms with E-state index in [0.29, 0.717) is 29.9 Å². The summed E-state index contributed by atoms with van der Waals surface area (Å²) in [7, 11) is 1.78. The number of fused-ring (bicyclic) bond motifs is 1. The van der Waals surface area contributed by atoms with E-state index in [4.69, 9.17) is 4.74 Å². The molecule has 1 N–H and O–H groups in total. The topological polar surface area (TPSA) is 75.3 Å². The third-order valence-corrected chi connectivity index (χ3v) is 3.11. The molecule has 2 rings (SSSR count). The lowest BCUT2D eigenvalue weighted by Gasteiger charge is -2.15. The number of nitrogens with one attached hydrogen (secondary N) is 1. The number of aromatic amines is 1. The van der Waals surface area contributed by atoms with Crippen molar-refractivity contribution >= 4 is 16.9 Å². The minimum atomic E-state index is -0.292. The zero-order valence-electron chi connectivity index (χ0n) is 12.5. The molecule has 1 heterocycles. The minimum Gasteiger partial charge on any atom is -0.465 e. The third kappa shape index (κ3) is 3.66. The lowest BCUT2D eigenvalue weighted by Crippen LogP contribution is -2.28. The Morgan fingerprint density at radius 3 is 2.90 bits per heavy atom. The molecule has 1 aromatic carbocycles. The van der Waals surface area contributed by atoms with Crippen molar-refractivity contribution in [2.45, 2.75) is 20.4 Å². The van der Waals surface area contributed by atoms with Crippen LogP contribution in [-0.4, -0.2) is 41.0 Å². The van der Waals surface area contributed by atoms with Crippen molar-refractivity contribution in [2.75, 3.05) is 20.2 Å². The fraction of sp³-hybridized carbons (Fsp3) is 0.400. The molecule has 0 radical (unpaired) electrons. The van der Waals surface area contributed by atoms with Crippen LogP contribution in [0.25, 0.3) is 10.9 Å². The van der Waals surface area contributed by atoms with Crippen LogP contribution in [0, 0.1) is 6.92 Å². The first-order chi connectivity index (χ1) is 10.0. The summed E-state index contributed by atoms with van der Waals surface area (Å²) in [6.45, 7) is 4.57. The van der Waals surface area contributed by atoms with Gasteiger partial charge in [0.1, 0.15) is 5.82 Å². The first kappa shape index (κ1) is 15.2. The van der Waals surface area contributed by atoms with Crippen LogP contribution in [-0.2, 0) is 16.1 Å². The molecule has 0 aliphatic carbocycles. The van der Waals surface area contributed by atoms with Gasteiger partial charge in [-0.05, 0) is 32.5 Å². The largest absolute Gasteiger partial charge is 0.465 e. The summed E-state index contributed by atoms with van der Waals surface area (Å²) in [4.78, 5) is 32.5. The molecule has 1 aromatic heterocycles. The number of hydrogen-bond donors (Lipinski definition) is 1. The molecule has 0 spiro atoms. The molecule has 0 saturated carbocycles. The molecular formula is C15H19N3O3. The van der Waals surface area contributed by atoms with Crippen LogP contribution in [0.4, 0.5) is 0 Å². The van der Waals surface area contributed by atoms with Gasteiger partial charge in [-0.3, -0.25) is 14.5 Å². The van der Waals surface area contributed by atoms with Crippen LogP contribution in [0.1, 0.15) is 18.3 Å². The zero-order chi connectivity index (χ0) is 15.4. The van der Waals surface area contributed by atoms with E-state index in [9.17, 15) is 9.59 Å². The van der Waals surface area contributed by atoms with Crippen LogP contribution in [0.3, 0.4) is 0 Å². The second-order valence-corrected chi connectivity index (χ2v) is 4.96. The van der Waals surface area contributed by atoms with Gasteiger partial charge in [0, 0.05) is 0 Å². The van der Waals surface area contributed by atoms with Crippen molar-refractivity contribution in [1.82, 2.24) is 14.9 Å². The first-order valence-electron chi connectivity index (χ1n) is 6.84. The molecule has 0 unspecified atom stereocenters. The smallest absolute Gasteiger partial charge is 0.320 e. The molecule has 21 heavy (non-hydrogen) atoms. The van der Waals surface area contributed by atoms with E-state index in [0.717, 1.165) is 5.56 Å². The summed E-state index contributed by atoms with van der Waals surface area (Å²) in [5.41, 5.74) is 1.48. The number of hydrogen-bond acceptors (Lipinski definition) is 5. The fourth-order valence-corrected chi connectivity index (χ4v) is 2.17. The molecule has 6 nitrogen and oxygen atoms in total. The van der Waals surface area contributed by atoms with Gasteiger partial charge >= 0.3 is 5.97 Å². The van der Waals surface area contributed by atoms with Gasteiger partial charge in [-0.2, -0.15) is 0 Å². The highest BCUT2D eigenvalue weighted by atomic mass is 16.5. The SMILES string of the molecule is CCOC(=O)CN(C)Cc1nc2c(C)cccc2c(=O)[nH]1. The Kier molecular flexibility index (Phi) is 4.70. The number of carbonyl (C=O) groups excluding carboxylic acids is 1. The van der Waals surface area contributed by atoms with E-state index in [1.807, 2.05) is 19.1 Å². The number of H-pyrrole nitrogens is 1. The van der Waals surface area contributed by atoms with Gasteiger partial charge in [-0.25, -0.2) is 4.98 Å². The molecule has 112 valence electrons. The van der Waals surface area contributed by atoms with Crippen molar-refractivity contribution in [3.63, 3.8) is 0 Å². The molecule has 0 fully saturated rings. The normalized spacial score (nSPS) is 11.0. The van der Waals surface area contributed by atoms with Crippen molar-refractivity contribution in [1.29, 1.82) is 0 Å². The number of carbonyl (C=O) groups is 1. The number of aryl methyl sites for hydroxylation is 1. The Balaban J connectivity index is 2.21. The maximum absolute atomic E-state index is 12.1. The number of ether oxygens (including phenoxy) is 1. The predicted molar refractivity (Wildman–Crippen MR) is 80.1 cm³/mol. The Labute approximate surface area is 122 Å². The van der Waals surface area contributed by atoms with Crippen LogP contribution < -0.4 is 5.56 Å². The van der Waals surface area contributed by atoms with E-state index < -0.39 is 0 Å². The molecule has 0 amide bonds. The number of benzene rings is 1. The molecule has 6 heteroatoms. The van der Waals surface area contributed by atoms with Gasteiger partial charge in [-0.1, -0.05) is 12.1 Å². The average Bonchev–Trinajstić information content (AvgIpc) is 2.40. The summed E-state index contributed by atoms with van der Waals surface area (Å²) >= 11 is 0. The number of rotatable bonds is 5. The van der Waals surface area contributed by atoms with E-state index in [1.54, 1.807) is 24.9 Å². The standard InChI is InChI=1S/C15H19N3O3/c1-4-21-13(19)9-18(3)8-12-16-14-10(2)6-5-7-11(14)15(20)17-12/h5-7H,4,8-9H2,1-3H3,(H,16,17,20). The summed E-state index contributed by atoms with van der Waals surface area (Å²) in [6, 6.07) is 5.50. The number of esters is 1. The molecular weight excluding hydrogens is 270 g/mol. The van der Waals surface area contributed by atoms with Gasteiger partial charge in [0.05, 0.1) is 30.6 Å². The molecule has 0 aliphatic rings. The van der Waals surface area contributed by atoms with Gasteiger partial charge in [0.2, 0.25) is 0 Å². The highest BCUT2D eigenvalue weighted by molar-refractivity contribution is 5.80. The second kappa shape index (κ2) is 6.49. The summed E-state index contributed by atoms with van der Waals surface area (Å²) < 4.78 is 4.89. The summed E-state index contributed by atoms with van der Waals surface area (Å²) in [6.07, 6.45) is 0. The molecule has 0 bridgehead atoms. The Morgan fingerprint density at radius 1 is 1.43 bits per heavy atom. The van der Waals surface area contributed by atoms with Gasteiger partial charge in [0.15, 0.2) is 0 Å². The highest BCUT2D eigenvalue weighted by Gasteiger charge is 2.11. The predicted octanol–water partition coefficient (Wildman–Crippen LogP) is 1.23. The summed E-state index contributed by atoms with van der Waals surface area (Å²) in [5, 5.41) is 0.576. The van der Waals surface area contributed by atoms with E-state index in [-0.39, 0.29) is 18.1 Å². The van der Waals surface area contributed by atoms with Crippen LogP contribution in [0.2, 0.25) is 0 Å². The van der Waals surface area contributed by atoms with Crippen molar-refractivity contribution in [2.24, 2.45) is 0 Å². The van der Waals surface area contributed by atoms with Gasteiger partial charge in [0.25, 0.3) is 5.56 Å². The van der Waals surface area contributed by atoms with Gasteiger partial charge in [-0.15, -0.1) is 0 Å². The lowest BCUT2D eigenvalue weighted by molar-refractivity contribution is -0.144. The number of likely N-dealkylation sites (N-methyl/N-ethyl adjacent to an activating group) is 1.